The number of nitro benzene ring substituents is 1. The van der Waals surface area contributed by atoms with E-state index in [-0.39, 0.29) is 23.3 Å². The van der Waals surface area contributed by atoms with Crippen LogP contribution >= 0.6 is 11.6 Å². The number of non-ortho nitro benzene ring substituents is 1. The van der Waals surface area contributed by atoms with Crippen LogP contribution in [0.25, 0.3) is 0 Å². The number of halogens is 1. The van der Waals surface area contributed by atoms with Gasteiger partial charge in [0.15, 0.2) is 0 Å². The number of aromatic nitrogens is 2. The van der Waals surface area contributed by atoms with Crippen LogP contribution in [0.1, 0.15) is 6.92 Å². The molecule has 1 N–H and O–H groups in total. The maximum Gasteiger partial charge on any atom is 0.273 e. The van der Waals surface area contributed by atoms with E-state index in [2.05, 4.69) is 10.4 Å². The molecule has 1 unspecified atom stereocenters. The number of rotatable bonds is 6. The maximum absolute atomic E-state index is 12.2. The first-order valence-electron chi connectivity index (χ1n) is 6.72. The summed E-state index contributed by atoms with van der Waals surface area (Å²) in [5.74, 6) is -0.420. The van der Waals surface area contributed by atoms with Crippen molar-refractivity contribution in [2.75, 3.05) is 12.4 Å². The fourth-order valence-electron chi connectivity index (χ4n) is 1.95. The molecule has 0 aliphatic heterocycles. The fraction of sp³-hybridized carbons (Fsp3) is 0.286. The van der Waals surface area contributed by atoms with Gasteiger partial charge in [0.25, 0.3) is 5.69 Å². The lowest BCUT2D eigenvalue weighted by Gasteiger charge is -2.14. The van der Waals surface area contributed by atoms with Crippen LogP contribution in [0.3, 0.4) is 0 Å². The Morgan fingerprint density at radius 3 is 2.87 bits per heavy atom. The summed E-state index contributed by atoms with van der Waals surface area (Å²) < 4.78 is 6.65. The summed E-state index contributed by atoms with van der Waals surface area (Å²) in [4.78, 5) is 22.5. The number of carbonyl (C=O) groups excluding carboxylic acids is 1. The first-order chi connectivity index (χ1) is 10.9. The van der Waals surface area contributed by atoms with Crippen molar-refractivity contribution in [1.29, 1.82) is 0 Å². The number of amides is 1. The van der Waals surface area contributed by atoms with E-state index < -0.39 is 4.92 Å². The van der Waals surface area contributed by atoms with Crippen LogP contribution in [0.5, 0.6) is 5.75 Å². The highest BCUT2D eigenvalue weighted by molar-refractivity contribution is 6.30. The summed E-state index contributed by atoms with van der Waals surface area (Å²) in [6.45, 7) is 2.09. The molecule has 1 atom stereocenters. The Morgan fingerprint density at radius 2 is 2.30 bits per heavy atom. The first-order valence-corrected chi connectivity index (χ1v) is 7.09. The second-order valence-corrected chi connectivity index (χ2v) is 5.35. The number of carbonyl (C=O) groups is 1. The highest BCUT2D eigenvalue weighted by atomic mass is 35.5. The normalized spacial score (nSPS) is 11.8. The maximum atomic E-state index is 12.2. The largest absolute Gasteiger partial charge is 0.494 e. The van der Waals surface area contributed by atoms with Crippen molar-refractivity contribution >= 4 is 28.9 Å². The monoisotopic (exact) mass is 338 g/mol. The molecule has 1 amide bonds. The number of benzene rings is 1. The summed E-state index contributed by atoms with van der Waals surface area (Å²) in [7, 11) is 1.38. The van der Waals surface area contributed by atoms with Crippen LogP contribution in [-0.2, 0) is 11.3 Å². The van der Waals surface area contributed by atoms with Crippen molar-refractivity contribution in [2.24, 2.45) is 5.92 Å². The third kappa shape index (κ3) is 4.19. The minimum Gasteiger partial charge on any atom is -0.494 e. The molecule has 122 valence electrons. The third-order valence-electron chi connectivity index (χ3n) is 3.16. The lowest BCUT2D eigenvalue weighted by Crippen LogP contribution is -2.24. The van der Waals surface area contributed by atoms with Gasteiger partial charge in [0, 0.05) is 12.3 Å². The van der Waals surface area contributed by atoms with Gasteiger partial charge in [-0.2, -0.15) is 5.10 Å². The molecule has 9 heteroatoms. The number of methoxy groups -OCH3 is 1. The smallest absolute Gasteiger partial charge is 0.273 e. The minimum atomic E-state index is -0.530. The standard InChI is InChI=1S/C14H15ClN4O4/c1-9(7-18-8-10(15)6-16-18)14(20)17-12-4-3-11(19(21)22)5-13(12)23-2/h3-6,8-9H,7H2,1-2H3,(H,17,20). The van der Waals surface area contributed by atoms with Gasteiger partial charge in [0.05, 0.1) is 47.5 Å². The lowest BCUT2D eigenvalue weighted by atomic mass is 10.1. The van der Waals surface area contributed by atoms with Gasteiger partial charge in [0.2, 0.25) is 5.91 Å². The molecule has 0 spiro atoms. The van der Waals surface area contributed by atoms with Gasteiger partial charge >= 0.3 is 0 Å². The summed E-state index contributed by atoms with van der Waals surface area (Å²) in [6.07, 6.45) is 3.11. The van der Waals surface area contributed by atoms with Gasteiger partial charge < -0.3 is 10.1 Å². The van der Waals surface area contributed by atoms with E-state index >= 15 is 0 Å². The summed E-state index contributed by atoms with van der Waals surface area (Å²) in [5, 5.41) is 18.0. The number of nitrogens with one attached hydrogen (secondary N) is 1. The van der Waals surface area contributed by atoms with Gasteiger partial charge in [0.1, 0.15) is 5.75 Å². The second-order valence-electron chi connectivity index (χ2n) is 4.91. The quantitative estimate of drug-likeness (QED) is 0.644. The SMILES string of the molecule is COc1cc([N+](=O)[O-])ccc1NC(=O)C(C)Cn1cc(Cl)cn1. The number of nitrogens with zero attached hydrogens (tertiary/aromatic N) is 3. The average Bonchev–Trinajstić information content (AvgIpc) is 2.92. The molecule has 0 aliphatic carbocycles. The first kappa shape index (κ1) is 16.8. The molecule has 1 aromatic heterocycles. The van der Waals surface area contributed by atoms with Crippen molar-refractivity contribution in [3.63, 3.8) is 0 Å². The van der Waals surface area contributed by atoms with E-state index in [1.165, 1.54) is 31.5 Å². The molecule has 0 fully saturated rings. The predicted molar refractivity (Wildman–Crippen MR) is 84.7 cm³/mol. The van der Waals surface area contributed by atoms with Crippen molar-refractivity contribution < 1.29 is 14.5 Å². The van der Waals surface area contributed by atoms with Crippen molar-refractivity contribution in [3.05, 3.63) is 45.7 Å². The van der Waals surface area contributed by atoms with Crippen molar-refractivity contribution in [1.82, 2.24) is 9.78 Å². The average molecular weight is 339 g/mol. The highest BCUT2D eigenvalue weighted by Gasteiger charge is 2.18. The zero-order chi connectivity index (χ0) is 17.0. The van der Waals surface area contributed by atoms with Crippen LogP contribution in [0.15, 0.2) is 30.6 Å². The molecule has 0 aliphatic rings. The van der Waals surface area contributed by atoms with Gasteiger partial charge in [-0.3, -0.25) is 19.6 Å². The Morgan fingerprint density at radius 1 is 1.57 bits per heavy atom. The van der Waals surface area contributed by atoms with E-state index in [4.69, 9.17) is 16.3 Å². The zero-order valence-electron chi connectivity index (χ0n) is 12.5. The molecule has 0 bridgehead atoms. The van der Waals surface area contributed by atoms with Crippen molar-refractivity contribution in [2.45, 2.75) is 13.5 Å². The van der Waals surface area contributed by atoms with Gasteiger partial charge in [-0.1, -0.05) is 18.5 Å². The molecule has 2 aromatic rings. The van der Waals surface area contributed by atoms with Crippen LogP contribution in [0.2, 0.25) is 5.02 Å². The molecule has 1 heterocycles. The third-order valence-corrected chi connectivity index (χ3v) is 3.36. The lowest BCUT2D eigenvalue weighted by molar-refractivity contribution is -0.384. The van der Waals surface area contributed by atoms with E-state index in [0.29, 0.717) is 17.3 Å². The van der Waals surface area contributed by atoms with Crippen LogP contribution in [-0.4, -0.2) is 27.7 Å². The second kappa shape index (κ2) is 7.10. The predicted octanol–water partition coefficient (Wildman–Crippen LogP) is 2.73. The topological polar surface area (TPSA) is 99.3 Å². The van der Waals surface area contributed by atoms with Crippen LogP contribution in [0, 0.1) is 16.0 Å². The summed E-state index contributed by atoms with van der Waals surface area (Å²) >= 11 is 5.78. The molecule has 23 heavy (non-hydrogen) atoms. The van der Waals surface area contributed by atoms with Gasteiger partial charge in [-0.15, -0.1) is 0 Å². The van der Waals surface area contributed by atoms with Gasteiger partial charge in [-0.25, -0.2) is 0 Å². The Labute approximate surface area is 137 Å². The molecular weight excluding hydrogens is 324 g/mol. The number of hydrogen-bond donors (Lipinski definition) is 1. The van der Waals surface area contributed by atoms with Crippen LogP contribution in [0.4, 0.5) is 11.4 Å². The fourth-order valence-corrected chi connectivity index (χ4v) is 2.11. The van der Waals surface area contributed by atoms with E-state index in [9.17, 15) is 14.9 Å². The molecule has 0 saturated heterocycles. The van der Waals surface area contributed by atoms with E-state index in [1.807, 2.05) is 0 Å². The number of hydrogen-bond acceptors (Lipinski definition) is 5. The molecule has 8 nitrogen and oxygen atoms in total. The molecule has 2 rings (SSSR count). The number of nitro groups is 1. The number of anilines is 1. The summed E-state index contributed by atoms with van der Waals surface area (Å²) in [6, 6.07) is 4.00. The van der Waals surface area contributed by atoms with Crippen LogP contribution < -0.4 is 10.1 Å². The molecular formula is C14H15ClN4O4. The Hall–Kier alpha value is -2.61. The van der Waals surface area contributed by atoms with Crippen molar-refractivity contribution in [3.8, 4) is 5.75 Å². The minimum absolute atomic E-state index is 0.112. The summed E-state index contributed by atoms with van der Waals surface area (Å²) in [5.41, 5.74) is 0.257. The molecule has 1 aromatic carbocycles. The number of ether oxygens (including phenoxy) is 1. The van der Waals surface area contributed by atoms with Gasteiger partial charge in [-0.05, 0) is 6.07 Å². The Kier molecular flexibility index (Phi) is 5.17. The Balaban J connectivity index is 2.08. The molecule has 0 radical (unpaired) electrons. The highest BCUT2D eigenvalue weighted by Crippen LogP contribution is 2.29. The molecule has 0 saturated carbocycles. The Bertz CT molecular complexity index is 731. The van der Waals surface area contributed by atoms with E-state index in [0.717, 1.165) is 0 Å². The zero-order valence-corrected chi connectivity index (χ0v) is 13.3. The van der Waals surface area contributed by atoms with E-state index in [1.54, 1.807) is 17.8 Å².